The summed E-state index contributed by atoms with van der Waals surface area (Å²) in [6.45, 7) is 3.71. The largest absolute Gasteiger partial charge is 0.495 e. The molecule has 104 valence electrons. The van der Waals surface area contributed by atoms with Gasteiger partial charge >= 0.3 is 0 Å². The molecule has 2 rings (SSSR count). The first-order valence-corrected chi connectivity index (χ1v) is 6.19. The van der Waals surface area contributed by atoms with Gasteiger partial charge in [-0.1, -0.05) is 6.07 Å². The maximum absolute atomic E-state index is 12.3. The number of carbonyl (C=O) groups excluding carboxylic acids is 1. The average Bonchev–Trinajstić information content (AvgIpc) is 2.41. The number of hydrogen-bond donors (Lipinski definition) is 2. The van der Waals surface area contributed by atoms with Crippen LogP contribution in [-0.2, 0) is 0 Å². The van der Waals surface area contributed by atoms with Crippen molar-refractivity contribution in [3.63, 3.8) is 0 Å². The fourth-order valence-electron chi connectivity index (χ4n) is 1.89. The second-order valence-corrected chi connectivity index (χ2v) is 4.56. The number of amides is 1. The lowest BCUT2D eigenvalue weighted by Crippen LogP contribution is -2.15. The number of anilines is 2. The van der Waals surface area contributed by atoms with Crippen LogP contribution in [0.2, 0.25) is 0 Å². The van der Waals surface area contributed by atoms with Crippen molar-refractivity contribution in [1.82, 2.24) is 4.98 Å². The number of methoxy groups -OCH3 is 1. The molecule has 1 amide bonds. The molecule has 5 nitrogen and oxygen atoms in total. The zero-order valence-corrected chi connectivity index (χ0v) is 11.7. The minimum absolute atomic E-state index is 0.258. The van der Waals surface area contributed by atoms with Crippen LogP contribution in [0, 0.1) is 13.8 Å². The van der Waals surface area contributed by atoms with E-state index in [1.54, 1.807) is 20.1 Å². The summed E-state index contributed by atoms with van der Waals surface area (Å²) in [5.74, 6) is 0.352. The summed E-state index contributed by atoms with van der Waals surface area (Å²) < 4.78 is 5.24. The van der Waals surface area contributed by atoms with Gasteiger partial charge in [0.25, 0.3) is 5.91 Å². The third-order valence-electron chi connectivity index (χ3n) is 2.96. The number of aromatic nitrogens is 1. The molecule has 0 saturated carbocycles. The summed E-state index contributed by atoms with van der Waals surface area (Å²) in [5.41, 5.74) is 8.86. The first-order chi connectivity index (χ1) is 9.51. The molecule has 0 aliphatic rings. The molecule has 5 heteroatoms. The predicted octanol–water partition coefficient (Wildman–Crippen LogP) is 2.54. The van der Waals surface area contributed by atoms with Crippen LogP contribution in [-0.4, -0.2) is 18.0 Å². The highest BCUT2D eigenvalue weighted by Gasteiger charge is 2.13. The molecule has 0 atom stereocenters. The standard InChI is InChI=1S/C15H17N3O2/c1-9-4-5-14(20-3)13(6-9)18-15(19)12-7-11(16)8-17-10(12)2/h4-8H,16H2,1-3H3,(H,18,19). The Morgan fingerprint density at radius 2 is 2.05 bits per heavy atom. The third-order valence-corrected chi connectivity index (χ3v) is 2.96. The zero-order chi connectivity index (χ0) is 14.7. The van der Waals surface area contributed by atoms with E-state index in [-0.39, 0.29) is 5.91 Å². The maximum atomic E-state index is 12.3. The molecule has 0 fully saturated rings. The Bertz CT molecular complexity index is 654. The number of nitrogens with two attached hydrogens (primary N) is 1. The summed E-state index contributed by atoms with van der Waals surface area (Å²) in [6.07, 6.45) is 1.53. The maximum Gasteiger partial charge on any atom is 0.257 e. The Kier molecular flexibility index (Phi) is 3.89. The molecule has 0 unspecified atom stereocenters. The van der Waals surface area contributed by atoms with Crippen LogP contribution in [0.5, 0.6) is 5.75 Å². The van der Waals surface area contributed by atoms with E-state index in [1.165, 1.54) is 6.20 Å². The normalized spacial score (nSPS) is 10.2. The highest BCUT2D eigenvalue weighted by atomic mass is 16.5. The molecule has 0 aliphatic carbocycles. The number of rotatable bonds is 3. The van der Waals surface area contributed by atoms with Gasteiger partial charge in [-0.2, -0.15) is 0 Å². The van der Waals surface area contributed by atoms with Crippen molar-refractivity contribution in [1.29, 1.82) is 0 Å². The Morgan fingerprint density at radius 1 is 1.30 bits per heavy atom. The Labute approximate surface area is 117 Å². The van der Waals surface area contributed by atoms with Crippen LogP contribution in [0.4, 0.5) is 11.4 Å². The summed E-state index contributed by atoms with van der Waals surface area (Å²) in [7, 11) is 1.56. The van der Waals surface area contributed by atoms with Gasteiger partial charge in [0, 0.05) is 0 Å². The SMILES string of the molecule is COc1ccc(C)cc1NC(=O)c1cc(N)cnc1C. The molecular formula is C15H17N3O2. The molecule has 0 spiro atoms. The zero-order valence-electron chi connectivity index (χ0n) is 11.7. The predicted molar refractivity (Wildman–Crippen MR) is 79.1 cm³/mol. The number of nitrogens with zero attached hydrogens (tertiary/aromatic N) is 1. The van der Waals surface area contributed by atoms with Crippen molar-refractivity contribution < 1.29 is 9.53 Å². The van der Waals surface area contributed by atoms with Crippen LogP contribution in [0.15, 0.2) is 30.5 Å². The lowest BCUT2D eigenvalue weighted by Gasteiger charge is -2.12. The lowest BCUT2D eigenvalue weighted by molar-refractivity contribution is 0.102. The second-order valence-electron chi connectivity index (χ2n) is 4.56. The number of aryl methyl sites for hydroxylation is 2. The second kappa shape index (κ2) is 5.61. The van der Waals surface area contributed by atoms with E-state index in [4.69, 9.17) is 10.5 Å². The van der Waals surface area contributed by atoms with Crippen LogP contribution >= 0.6 is 0 Å². The van der Waals surface area contributed by atoms with Gasteiger partial charge in [0.05, 0.1) is 35.9 Å². The molecule has 1 heterocycles. The summed E-state index contributed by atoms with van der Waals surface area (Å²) >= 11 is 0. The van der Waals surface area contributed by atoms with Crippen molar-refractivity contribution in [2.45, 2.75) is 13.8 Å². The molecule has 2 aromatic rings. The first-order valence-electron chi connectivity index (χ1n) is 6.19. The van der Waals surface area contributed by atoms with Gasteiger partial charge in [-0.25, -0.2) is 0 Å². The Balaban J connectivity index is 2.32. The van der Waals surface area contributed by atoms with Crippen molar-refractivity contribution in [3.8, 4) is 5.75 Å². The fraction of sp³-hybridized carbons (Fsp3) is 0.200. The molecule has 0 saturated heterocycles. The van der Waals surface area contributed by atoms with E-state index in [2.05, 4.69) is 10.3 Å². The van der Waals surface area contributed by atoms with Crippen LogP contribution in [0.1, 0.15) is 21.6 Å². The molecule has 3 N–H and O–H groups in total. The van der Waals surface area contributed by atoms with Gasteiger partial charge in [-0.05, 0) is 37.6 Å². The van der Waals surface area contributed by atoms with Gasteiger partial charge in [-0.3, -0.25) is 9.78 Å². The number of benzene rings is 1. The fourth-order valence-corrected chi connectivity index (χ4v) is 1.89. The van der Waals surface area contributed by atoms with Crippen LogP contribution in [0.25, 0.3) is 0 Å². The quantitative estimate of drug-likeness (QED) is 0.899. The Morgan fingerprint density at radius 3 is 2.75 bits per heavy atom. The number of hydrogen-bond acceptors (Lipinski definition) is 4. The van der Waals surface area contributed by atoms with Crippen molar-refractivity contribution in [3.05, 3.63) is 47.3 Å². The lowest BCUT2D eigenvalue weighted by atomic mass is 10.1. The minimum Gasteiger partial charge on any atom is -0.495 e. The summed E-state index contributed by atoms with van der Waals surface area (Å²) in [4.78, 5) is 16.4. The number of pyridine rings is 1. The molecule has 1 aromatic carbocycles. The molecule has 1 aromatic heterocycles. The van der Waals surface area contributed by atoms with Gasteiger partial charge in [0.1, 0.15) is 5.75 Å². The third kappa shape index (κ3) is 2.88. The summed E-state index contributed by atoms with van der Waals surface area (Å²) in [5, 5.41) is 2.83. The average molecular weight is 271 g/mol. The van der Waals surface area contributed by atoms with Gasteiger partial charge in [0.15, 0.2) is 0 Å². The van der Waals surface area contributed by atoms with Gasteiger partial charge in [-0.15, -0.1) is 0 Å². The number of carbonyl (C=O) groups is 1. The van der Waals surface area contributed by atoms with E-state index in [1.807, 2.05) is 25.1 Å². The monoisotopic (exact) mass is 271 g/mol. The van der Waals surface area contributed by atoms with Crippen molar-refractivity contribution >= 4 is 17.3 Å². The highest BCUT2D eigenvalue weighted by Crippen LogP contribution is 2.26. The number of nitrogens with one attached hydrogen (secondary N) is 1. The van der Waals surface area contributed by atoms with E-state index < -0.39 is 0 Å². The van der Waals surface area contributed by atoms with E-state index >= 15 is 0 Å². The van der Waals surface area contributed by atoms with Gasteiger partial charge in [0.2, 0.25) is 0 Å². The highest BCUT2D eigenvalue weighted by molar-refractivity contribution is 6.06. The van der Waals surface area contributed by atoms with Crippen LogP contribution in [0.3, 0.4) is 0 Å². The molecule has 0 aliphatic heterocycles. The minimum atomic E-state index is -0.258. The van der Waals surface area contributed by atoms with Gasteiger partial charge < -0.3 is 15.8 Å². The van der Waals surface area contributed by atoms with E-state index in [9.17, 15) is 4.79 Å². The van der Waals surface area contributed by atoms with E-state index in [0.29, 0.717) is 28.4 Å². The molecular weight excluding hydrogens is 254 g/mol. The smallest absolute Gasteiger partial charge is 0.257 e. The van der Waals surface area contributed by atoms with Crippen molar-refractivity contribution in [2.24, 2.45) is 0 Å². The topological polar surface area (TPSA) is 77.2 Å². The van der Waals surface area contributed by atoms with Crippen LogP contribution < -0.4 is 15.8 Å². The number of nitrogen functional groups attached to an aromatic ring is 1. The number of ether oxygens (including phenoxy) is 1. The Hall–Kier alpha value is -2.56. The first kappa shape index (κ1) is 13.9. The molecule has 0 radical (unpaired) electrons. The molecule has 0 bridgehead atoms. The summed E-state index contributed by atoms with van der Waals surface area (Å²) in [6, 6.07) is 7.20. The van der Waals surface area contributed by atoms with Crippen molar-refractivity contribution in [2.75, 3.05) is 18.2 Å². The molecule has 20 heavy (non-hydrogen) atoms. The van der Waals surface area contributed by atoms with E-state index in [0.717, 1.165) is 5.56 Å².